The summed E-state index contributed by atoms with van der Waals surface area (Å²) in [5.74, 6) is 0. The molecule has 0 aliphatic carbocycles. The molecule has 0 radical (unpaired) electrons. The van der Waals surface area contributed by atoms with E-state index >= 15 is 0 Å². The molecule has 1 aliphatic heterocycles. The summed E-state index contributed by atoms with van der Waals surface area (Å²) >= 11 is 0. The third kappa shape index (κ3) is 14.2. The highest BCUT2D eigenvalue weighted by Gasteiger charge is 2.26. The van der Waals surface area contributed by atoms with Crippen molar-refractivity contribution >= 4 is 0 Å². The lowest BCUT2D eigenvalue weighted by Gasteiger charge is -2.35. The fraction of sp³-hybridized carbons (Fsp3) is 0.931. The molecule has 1 aliphatic rings. The molecule has 0 fully saturated rings. The summed E-state index contributed by atoms with van der Waals surface area (Å²) in [7, 11) is 0. The van der Waals surface area contributed by atoms with Crippen molar-refractivity contribution in [3.05, 3.63) is 12.4 Å². The van der Waals surface area contributed by atoms with Crippen molar-refractivity contribution in [1.82, 2.24) is 9.80 Å². The molecule has 184 valence electrons. The van der Waals surface area contributed by atoms with Crippen LogP contribution in [0.2, 0.25) is 0 Å². The number of nitrogens with zero attached hydrogens (tertiary/aromatic N) is 2. The first-order valence-corrected chi connectivity index (χ1v) is 14.4. The summed E-state index contributed by atoms with van der Waals surface area (Å²) in [6.07, 6.45) is 33.8. The first-order valence-electron chi connectivity index (χ1n) is 14.4. The molecule has 0 aromatic heterocycles. The van der Waals surface area contributed by atoms with E-state index in [-0.39, 0.29) is 0 Å². The minimum absolute atomic E-state index is 0.609. The van der Waals surface area contributed by atoms with Crippen molar-refractivity contribution < 1.29 is 0 Å². The zero-order chi connectivity index (χ0) is 22.6. The van der Waals surface area contributed by atoms with Crippen LogP contribution in [0, 0.1) is 0 Å². The average Bonchev–Trinajstić information content (AvgIpc) is 3.17. The van der Waals surface area contributed by atoms with E-state index in [1.165, 1.54) is 135 Å². The van der Waals surface area contributed by atoms with Crippen molar-refractivity contribution in [3.8, 4) is 0 Å². The van der Waals surface area contributed by atoms with Crippen molar-refractivity contribution in [2.24, 2.45) is 0 Å². The van der Waals surface area contributed by atoms with Crippen LogP contribution in [-0.2, 0) is 0 Å². The highest BCUT2D eigenvalue weighted by atomic mass is 15.4. The van der Waals surface area contributed by atoms with Gasteiger partial charge in [0.25, 0.3) is 0 Å². The molecular weight excluding hydrogens is 376 g/mol. The maximum absolute atomic E-state index is 2.62. The predicted octanol–water partition coefficient (Wildman–Crippen LogP) is 9.65. The van der Waals surface area contributed by atoms with E-state index in [0.717, 1.165) is 0 Å². The van der Waals surface area contributed by atoms with Gasteiger partial charge in [-0.05, 0) is 33.1 Å². The molecule has 1 atom stereocenters. The van der Waals surface area contributed by atoms with Crippen LogP contribution in [0.5, 0.6) is 0 Å². The molecular formula is C29H58N2. The van der Waals surface area contributed by atoms with Crippen LogP contribution in [0.1, 0.15) is 156 Å². The van der Waals surface area contributed by atoms with Crippen LogP contribution in [0.3, 0.4) is 0 Å². The monoisotopic (exact) mass is 434 g/mol. The first kappa shape index (κ1) is 28.4. The summed E-state index contributed by atoms with van der Waals surface area (Å²) in [6.45, 7) is 10.5. The Bertz CT molecular complexity index is 404. The normalized spacial score (nSPS) is 16.2. The van der Waals surface area contributed by atoms with Crippen LogP contribution in [-0.4, -0.2) is 28.6 Å². The largest absolute Gasteiger partial charge is 0.356 e. The fourth-order valence-electron chi connectivity index (χ4n) is 5.01. The smallest absolute Gasteiger partial charge is 0.101 e. The molecule has 0 saturated carbocycles. The van der Waals surface area contributed by atoms with E-state index in [9.17, 15) is 0 Å². The van der Waals surface area contributed by atoms with E-state index in [1.807, 2.05) is 0 Å². The topological polar surface area (TPSA) is 6.48 Å². The van der Waals surface area contributed by atoms with Gasteiger partial charge in [-0.3, -0.25) is 0 Å². The summed E-state index contributed by atoms with van der Waals surface area (Å²) in [5, 5.41) is 0. The van der Waals surface area contributed by atoms with Gasteiger partial charge in [0, 0.05) is 25.0 Å². The molecule has 0 amide bonds. The second-order valence-corrected chi connectivity index (χ2v) is 10.4. The Morgan fingerprint density at radius 2 is 0.968 bits per heavy atom. The van der Waals surface area contributed by atoms with Crippen molar-refractivity contribution in [2.45, 2.75) is 168 Å². The number of rotatable bonds is 22. The Balaban J connectivity index is 1.99. The number of hydrogen-bond acceptors (Lipinski definition) is 2. The Morgan fingerprint density at radius 1 is 0.548 bits per heavy atom. The van der Waals surface area contributed by atoms with E-state index in [4.69, 9.17) is 0 Å². The molecule has 0 bridgehead atoms. The van der Waals surface area contributed by atoms with Gasteiger partial charge in [0.1, 0.15) is 6.17 Å². The number of hydrogen-bond donors (Lipinski definition) is 0. The van der Waals surface area contributed by atoms with E-state index < -0.39 is 0 Å². The van der Waals surface area contributed by atoms with Gasteiger partial charge in [0.15, 0.2) is 0 Å². The minimum Gasteiger partial charge on any atom is -0.356 e. The lowest BCUT2D eigenvalue weighted by Crippen LogP contribution is -2.42. The van der Waals surface area contributed by atoms with Crippen LogP contribution in [0.4, 0.5) is 0 Å². The van der Waals surface area contributed by atoms with Crippen molar-refractivity contribution in [2.75, 3.05) is 6.54 Å². The lowest BCUT2D eigenvalue weighted by atomic mass is 10.0. The van der Waals surface area contributed by atoms with E-state index in [2.05, 4.69) is 49.9 Å². The van der Waals surface area contributed by atoms with Gasteiger partial charge in [0.05, 0.1) is 0 Å². The van der Waals surface area contributed by atoms with Gasteiger partial charge in [0.2, 0.25) is 0 Å². The number of unbranched alkanes of at least 4 members (excludes halogenated alkanes) is 17. The Morgan fingerprint density at radius 3 is 1.42 bits per heavy atom. The van der Waals surface area contributed by atoms with Gasteiger partial charge < -0.3 is 9.80 Å². The zero-order valence-corrected chi connectivity index (χ0v) is 22.1. The van der Waals surface area contributed by atoms with Crippen molar-refractivity contribution in [1.29, 1.82) is 0 Å². The molecule has 1 rings (SSSR count). The second-order valence-electron chi connectivity index (χ2n) is 10.4. The van der Waals surface area contributed by atoms with Crippen molar-refractivity contribution in [3.63, 3.8) is 0 Å². The molecule has 0 saturated heterocycles. The minimum atomic E-state index is 0.609. The van der Waals surface area contributed by atoms with Crippen LogP contribution in [0.15, 0.2) is 12.4 Å². The molecule has 0 aromatic rings. The molecule has 1 unspecified atom stereocenters. The molecule has 2 heteroatoms. The maximum Gasteiger partial charge on any atom is 0.101 e. The van der Waals surface area contributed by atoms with E-state index in [0.29, 0.717) is 12.2 Å². The average molecular weight is 435 g/mol. The molecule has 0 aromatic carbocycles. The third-order valence-electron chi connectivity index (χ3n) is 7.09. The molecule has 0 N–H and O–H groups in total. The predicted molar refractivity (Wildman–Crippen MR) is 140 cm³/mol. The first-order chi connectivity index (χ1) is 15.2. The van der Waals surface area contributed by atoms with E-state index in [1.54, 1.807) is 0 Å². The maximum atomic E-state index is 2.62. The standard InChI is InChI=1S/C29H58N2/c1-5-7-9-11-12-13-14-15-16-17-18-19-20-21-22-24-29-30(25-23-10-8-6-2)26-27-31(29)28(3)4/h26-29H,5-25H2,1-4H3. The molecule has 1 heterocycles. The summed E-state index contributed by atoms with van der Waals surface area (Å²) in [6, 6.07) is 0.609. The summed E-state index contributed by atoms with van der Waals surface area (Å²) < 4.78 is 0. The van der Waals surface area contributed by atoms with Gasteiger partial charge in [-0.25, -0.2) is 0 Å². The third-order valence-corrected chi connectivity index (χ3v) is 7.09. The van der Waals surface area contributed by atoms with Gasteiger partial charge in [-0.1, -0.05) is 123 Å². The van der Waals surface area contributed by atoms with Crippen LogP contribution in [0.25, 0.3) is 0 Å². The molecule has 31 heavy (non-hydrogen) atoms. The zero-order valence-electron chi connectivity index (χ0n) is 22.1. The summed E-state index contributed by atoms with van der Waals surface area (Å²) in [4.78, 5) is 5.21. The van der Waals surface area contributed by atoms with Gasteiger partial charge >= 0.3 is 0 Å². The molecule has 2 nitrogen and oxygen atoms in total. The van der Waals surface area contributed by atoms with Gasteiger partial charge in [-0.2, -0.15) is 0 Å². The Labute approximate surface area is 197 Å². The second kappa shape index (κ2) is 20.0. The lowest BCUT2D eigenvalue weighted by molar-refractivity contribution is 0.114. The molecule has 0 spiro atoms. The van der Waals surface area contributed by atoms with Gasteiger partial charge in [-0.15, -0.1) is 0 Å². The Hall–Kier alpha value is -0.660. The summed E-state index contributed by atoms with van der Waals surface area (Å²) in [5.41, 5.74) is 0. The SMILES string of the molecule is CCCCCCCCCCCCCCCCCC1N(CCCCCC)C=CN1C(C)C. The van der Waals surface area contributed by atoms with Crippen LogP contribution < -0.4 is 0 Å². The highest BCUT2D eigenvalue weighted by Crippen LogP contribution is 2.24. The highest BCUT2D eigenvalue weighted by molar-refractivity contribution is 4.98. The Kier molecular flexibility index (Phi) is 18.3. The van der Waals surface area contributed by atoms with Crippen LogP contribution >= 0.6 is 0 Å². The quantitative estimate of drug-likeness (QED) is 0.156. The fourth-order valence-corrected chi connectivity index (χ4v) is 5.01.